The number of carboxylic acids is 1. The van der Waals surface area contributed by atoms with Crippen LogP contribution in [-0.2, 0) is 15.7 Å². The average molecular weight is 397 g/mol. The van der Waals surface area contributed by atoms with Crippen LogP contribution in [0.5, 0.6) is 0 Å². The van der Waals surface area contributed by atoms with Gasteiger partial charge in [-0.15, -0.1) is 6.58 Å². The number of hydrogen-bond acceptors (Lipinski definition) is 4. The number of carbonyl (C=O) groups is 2. The SMILES string of the molecule is C=CCOCC(NC(=O)c1cnn(-c2cccc(C)c2)c1C(F)(F)F)C(=O)O. The van der Waals surface area contributed by atoms with Crippen LogP contribution in [-0.4, -0.2) is 46.0 Å². The first-order valence-electron chi connectivity index (χ1n) is 8.09. The molecular formula is C18H18F3N3O4. The summed E-state index contributed by atoms with van der Waals surface area (Å²) >= 11 is 0. The van der Waals surface area contributed by atoms with E-state index < -0.39 is 42.0 Å². The van der Waals surface area contributed by atoms with Gasteiger partial charge >= 0.3 is 12.1 Å². The maximum absolute atomic E-state index is 13.6. The van der Waals surface area contributed by atoms with Gasteiger partial charge in [-0.25, -0.2) is 9.48 Å². The van der Waals surface area contributed by atoms with E-state index in [1.807, 2.05) is 5.32 Å². The van der Waals surface area contributed by atoms with Crippen molar-refractivity contribution in [2.45, 2.75) is 19.1 Å². The maximum Gasteiger partial charge on any atom is 0.434 e. The van der Waals surface area contributed by atoms with Gasteiger partial charge in [0.1, 0.15) is 0 Å². The Hall–Kier alpha value is -3.14. The van der Waals surface area contributed by atoms with Crippen LogP contribution in [0.15, 0.2) is 43.1 Å². The molecule has 1 aromatic heterocycles. The van der Waals surface area contributed by atoms with Gasteiger partial charge < -0.3 is 15.2 Å². The second-order valence-electron chi connectivity index (χ2n) is 5.85. The van der Waals surface area contributed by atoms with Gasteiger partial charge in [-0.1, -0.05) is 18.2 Å². The largest absolute Gasteiger partial charge is 0.480 e. The smallest absolute Gasteiger partial charge is 0.434 e. The lowest BCUT2D eigenvalue weighted by atomic mass is 10.2. The summed E-state index contributed by atoms with van der Waals surface area (Å²) in [4.78, 5) is 23.6. The molecule has 0 radical (unpaired) electrons. The van der Waals surface area contributed by atoms with E-state index in [2.05, 4.69) is 11.7 Å². The Morgan fingerprint density at radius 2 is 2.14 bits per heavy atom. The molecule has 2 aromatic rings. The van der Waals surface area contributed by atoms with E-state index in [9.17, 15) is 22.8 Å². The summed E-state index contributed by atoms with van der Waals surface area (Å²) < 4.78 is 46.5. The molecule has 0 aliphatic rings. The third-order valence-corrected chi connectivity index (χ3v) is 3.65. The summed E-state index contributed by atoms with van der Waals surface area (Å²) in [5.74, 6) is -2.67. The molecule has 0 fully saturated rings. The minimum atomic E-state index is -4.90. The Bertz CT molecular complexity index is 877. The van der Waals surface area contributed by atoms with Crippen molar-refractivity contribution in [3.8, 4) is 5.69 Å². The molecule has 0 aliphatic heterocycles. The molecule has 1 heterocycles. The Kier molecular flexibility index (Phi) is 6.57. The summed E-state index contributed by atoms with van der Waals surface area (Å²) in [6, 6.07) is 4.63. The molecule has 1 unspecified atom stereocenters. The van der Waals surface area contributed by atoms with Crippen molar-refractivity contribution in [2.24, 2.45) is 0 Å². The molecule has 7 nitrogen and oxygen atoms in total. The number of aromatic nitrogens is 2. The second kappa shape index (κ2) is 8.70. The first-order valence-corrected chi connectivity index (χ1v) is 8.09. The zero-order chi connectivity index (χ0) is 20.9. The minimum Gasteiger partial charge on any atom is -0.480 e. The standard InChI is InChI=1S/C18H18F3N3O4/c1-3-7-28-10-14(17(26)27)23-16(25)13-9-22-24(15(13)18(19,20)21)12-6-4-5-11(2)8-12/h3-6,8-9,14H,1,7,10H2,2H3,(H,23,25)(H,26,27). The molecular weight excluding hydrogens is 379 g/mol. The van der Waals surface area contributed by atoms with Crippen LogP contribution >= 0.6 is 0 Å². The lowest BCUT2D eigenvalue weighted by Gasteiger charge is -2.16. The number of benzene rings is 1. The quantitative estimate of drug-likeness (QED) is 0.528. The van der Waals surface area contributed by atoms with Crippen LogP contribution in [0.2, 0.25) is 0 Å². The van der Waals surface area contributed by atoms with Gasteiger partial charge in [0, 0.05) is 0 Å². The summed E-state index contributed by atoms with van der Waals surface area (Å²) in [5.41, 5.74) is -1.26. The molecule has 2 N–H and O–H groups in total. The van der Waals surface area contributed by atoms with Crippen molar-refractivity contribution in [3.05, 3.63) is 59.9 Å². The third-order valence-electron chi connectivity index (χ3n) is 3.65. The predicted octanol–water partition coefficient (Wildman–Crippen LogP) is 2.59. The number of ether oxygens (including phenoxy) is 1. The van der Waals surface area contributed by atoms with Crippen LogP contribution in [0.1, 0.15) is 21.6 Å². The minimum absolute atomic E-state index is 0.0265. The van der Waals surface area contributed by atoms with Crippen molar-refractivity contribution < 1.29 is 32.6 Å². The van der Waals surface area contributed by atoms with Crippen molar-refractivity contribution in [1.82, 2.24) is 15.1 Å². The molecule has 0 saturated heterocycles. The molecule has 150 valence electrons. The van der Waals surface area contributed by atoms with Crippen LogP contribution in [0, 0.1) is 6.92 Å². The Balaban J connectivity index is 2.38. The van der Waals surface area contributed by atoms with Gasteiger partial charge in [0.05, 0.1) is 30.7 Å². The highest BCUT2D eigenvalue weighted by molar-refractivity contribution is 5.97. The number of nitrogens with zero attached hydrogens (tertiary/aromatic N) is 2. The van der Waals surface area contributed by atoms with Crippen molar-refractivity contribution in [2.75, 3.05) is 13.2 Å². The third kappa shape index (κ3) is 4.97. The summed E-state index contributed by atoms with van der Waals surface area (Å²) in [5, 5.41) is 14.9. The highest BCUT2D eigenvalue weighted by atomic mass is 19.4. The van der Waals surface area contributed by atoms with E-state index in [-0.39, 0.29) is 12.3 Å². The summed E-state index contributed by atoms with van der Waals surface area (Å²) in [6.45, 7) is 4.69. The highest BCUT2D eigenvalue weighted by Gasteiger charge is 2.41. The fourth-order valence-electron chi connectivity index (χ4n) is 2.42. The number of alkyl halides is 3. The van der Waals surface area contributed by atoms with E-state index in [1.54, 1.807) is 19.1 Å². The normalized spacial score (nSPS) is 12.4. The van der Waals surface area contributed by atoms with Crippen LogP contribution in [0.4, 0.5) is 13.2 Å². The van der Waals surface area contributed by atoms with Crippen LogP contribution in [0.3, 0.4) is 0 Å². The Labute approximate surface area is 158 Å². The van der Waals surface area contributed by atoms with Gasteiger partial charge in [0.15, 0.2) is 11.7 Å². The number of amides is 1. The number of aryl methyl sites for hydroxylation is 1. The first-order chi connectivity index (χ1) is 13.1. The van der Waals surface area contributed by atoms with E-state index in [0.717, 1.165) is 6.20 Å². The van der Waals surface area contributed by atoms with E-state index >= 15 is 0 Å². The van der Waals surface area contributed by atoms with Crippen molar-refractivity contribution in [3.63, 3.8) is 0 Å². The number of rotatable bonds is 8. The van der Waals surface area contributed by atoms with Crippen molar-refractivity contribution >= 4 is 11.9 Å². The number of nitrogens with one attached hydrogen (secondary N) is 1. The van der Waals surface area contributed by atoms with Crippen LogP contribution in [0.25, 0.3) is 5.69 Å². The molecule has 2 rings (SSSR count). The molecule has 1 amide bonds. The topological polar surface area (TPSA) is 93.5 Å². The predicted molar refractivity (Wildman–Crippen MR) is 93.2 cm³/mol. The number of hydrogen-bond donors (Lipinski definition) is 2. The van der Waals surface area contributed by atoms with Gasteiger partial charge in [-0.05, 0) is 24.6 Å². The summed E-state index contributed by atoms with van der Waals surface area (Å²) in [6.07, 6.45) is -2.77. The summed E-state index contributed by atoms with van der Waals surface area (Å²) in [7, 11) is 0. The van der Waals surface area contributed by atoms with Gasteiger partial charge in [0.2, 0.25) is 0 Å². The molecule has 28 heavy (non-hydrogen) atoms. The first kappa shape index (κ1) is 21.2. The molecule has 10 heteroatoms. The highest BCUT2D eigenvalue weighted by Crippen LogP contribution is 2.33. The Morgan fingerprint density at radius 3 is 2.71 bits per heavy atom. The molecule has 0 bridgehead atoms. The lowest BCUT2D eigenvalue weighted by Crippen LogP contribution is -2.44. The number of carboxylic acid groups (broad SMARTS) is 1. The zero-order valence-corrected chi connectivity index (χ0v) is 14.9. The molecule has 1 atom stereocenters. The monoisotopic (exact) mass is 397 g/mol. The molecule has 0 aliphatic carbocycles. The van der Waals surface area contributed by atoms with Gasteiger partial charge in [0.25, 0.3) is 5.91 Å². The lowest BCUT2D eigenvalue weighted by molar-refractivity contribution is -0.143. The van der Waals surface area contributed by atoms with Gasteiger partial charge in [-0.3, -0.25) is 4.79 Å². The fourth-order valence-corrected chi connectivity index (χ4v) is 2.42. The number of halogens is 3. The van der Waals surface area contributed by atoms with E-state index in [4.69, 9.17) is 9.84 Å². The molecule has 0 saturated carbocycles. The molecule has 1 aromatic carbocycles. The fraction of sp³-hybridized carbons (Fsp3) is 0.278. The average Bonchev–Trinajstić information content (AvgIpc) is 3.06. The second-order valence-corrected chi connectivity index (χ2v) is 5.85. The molecule has 0 spiro atoms. The van der Waals surface area contributed by atoms with E-state index in [1.165, 1.54) is 18.2 Å². The Morgan fingerprint density at radius 1 is 1.43 bits per heavy atom. The maximum atomic E-state index is 13.6. The number of carbonyl (C=O) groups excluding carboxylic acids is 1. The van der Waals surface area contributed by atoms with Gasteiger partial charge in [-0.2, -0.15) is 18.3 Å². The number of aliphatic carboxylic acids is 1. The zero-order valence-electron chi connectivity index (χ0n) is 14.9. The van der Waals surface area contributed by atoms with Crippen molar-refractivity contribution in [1.29, 1.82) is 0 Å². The van der Waals surface area contributed by atoms with Crippen LogP contribution < -0.4 is 5.32 Å². The van der Waals surface area contributed by atoms with E-state index in [0.29, 0.717) is 10.2 Å².